The molecule has 86 valence electrons. The number of benzene rings is 1. The van der Waals surface area contributed by atoms with Crippen LogP contribution in [0.15, 0.2) is 23.8 Å². The number of carbonyl (C=O) groups is 1. The standard InChI is InChI=1S/C10H6N2O5/c11-5-7(10(14)15)3-6-1-2-9(13)8(4-6)12(16)17/h1-4,13H,(H,14,15)/b7-3+. The molecule has 0 spiro atoms. The maximum Gasteiger partial charge on any atom is 0.346 e. The van der Waals surface area contributed by atoms with E-state index in [1.54, 1.807) is 0 Å². The van der Waals surface area contributed by atoms with Gasteiger partial charge in [-0.2, -0.15) is 5.26 Å². The van der Waals surface area contributed by atoms with E-state index in [2.05, 4.69) is 0 Å². The normalized spacial score (nSPS) is 10.6. The molecule has 0 fully saturated rings. The van der Waals surface area contributed by atoms with Gasteiger partial charge >= 0.3 is 11.7 Å². The first-order valence-corrected chi connectivity index (χ1v) is 4.28. The number of aliphatic carboxylic acids is 1. The molecule has 1 aromatic carbocycles. The highest BCUT2D eigenvalue weighted by molar-refractivity contribution is 5.96. The lowest BCUT2D eigenvalue weighted by molar-refractivity contribution is -0.385. The van der Waals surface area contributed by atoms with Crippen molar-refractivity contribution < 1.29 is 19.9 Å². The van der Waals surface area contributed by atoms with E-state index < -0.39 is 27.9 Å². The van der Waals surface area contributed by atoms with Crippen molar-refractivity contribution in [3.8, 4) is 11.8 Å². The monoisotopic (exact) mass is 234 g/mol. The van der Waals surface area contributed by atoms with Gasteiger partial charge in [0.15, 0.2) is 5.75 Å². The minimum absolute atomic E-state index is 0.147. The molecule has 1 aromatic rings. The quantitative estimate of drug-likeness (QED) is 0.351. The van der Waals surface area contributed by atoms with E-state index in [-0.39, 0.29) is 5.56 Å². The second-order valence-electron chi connectivity index (χ2n) is 2.98. The number of phenols is 1. The van der Waals surface area contributed by atoms with E-state index in [9.17, 15) is 14.9 Å². The Labute approximate surface area is 95.0 Å². The fourth-order valence-electron chi connectivity index (χ4n) is 1.08. The Kier molecular flexibility index (Phi) is 3.41. The maximum atomic E-state index is 10.5. The van der Waals surface area contributed by atoms with Crippen molar-refractivity contribution in [2.24, 2.45) is 0 Å². The third kappa shape index (κ3) is 2.79. The van der Waals surface area contributed by atoms with Crippen LogP contribution in [0.5, 0.6) is 5.75 Å². The average Bonchev–Trinajstić information content (AvgIpc) is 2.27. The number of rotatable bonds is 3. The first-order valence-electron chi connectivity index (χ1n) is 4.28. The molecular formula is C10H6N2O5. The number of carboxylic acids is 1. The van der Waals surface area contributed by atoms with Crippen LogP contribution >= 0.6 is 0 Å². The smallest absolute Gasteiger partial charge is 0.346 e. The molecule has 7 nitrogen and oxygen atoms in total. The molecule has 0 bridgehead atoms. The van der Waals surface area contributed by atoms with Crippen LogP contribution in [0.3, 0.4) is 0 Å². The summed E-state index contributed by atoms with van der Waals surface area (Å²) < 4.78 is 0. The van der Waals surface area contributed by atoms with Gasteiger partial charge < -0.3 is 10.2 Å². The Morgan fingerprint density at radius 1 is 1.53 bits per heavy atom. The number of hydrogen-bond donors (Lipinski definition) is 2. The van der Waals surface area contributed by atoms with Crippen molar-refractivity contribution in [3.05, 3.63) is 39.4 Å². The van der Waals surface area contributed by atoms with Crippen LogP contribution < -0.4 is 0 Å². The first-order chi connectivity index (χ1) is 7.95. The van der Waals surface area contributed by atoms with Gasteiger partial charge in [0.1, 0.15) is 11.6 Å². The SMILES string of the molecule is N#C/C(=C\c1ccc(O)c([N+](=O)[O-])c1)C(=O)O. The number of hydrogen-bond acceptors (Lipinski definition) is 5. The van der Waals surface area contributed by atoms with E-state index in [0.29, 0.717) is 0 Å². The molecule has 0 aromatic heterocycles. The summed E-state index contributed by atoms with van der Waals surface area (Å²) in [7, 11) is 0. The number of carboxylic acid groups (broad SMARTS) is 1. The van der Waals surface area contributed by atoms with E-state index in [1.165, 1.54) is 12.1 Å². The number of nitrogens with zero attached hydrogens (tertiary/aromatic N) is 2. The van der Waals surface area contributed by atoms with Crippen molar-refractivity contribution in [3.63, 3.8) is 0 Å². The van der Waals surface area contributed by atoms with E-state index in [1.807, 2.05) is 0 Å². The molecule has 0 heterocycles. The Morgan fingerprint density at radius 3 is 2.65 bits per heavy atom. The second kappa shape index (κ2) is 4.76. The van der Waals surface area contributed by atoms with E-state index >= 15 is 0 Å². The van der Waals surface area contributed by atoms with Gasteiger partial charge in [-0.15, -0.1) is 0 Å². The zero-order valence-electron chi connectivity index (χ0n) is 8.32. The fraction of sp³-hybridized carbons (Fsp3) is 0. The van der Waals surface area contributed by atoms with Crippen LogP contribution in [0.2, 0.25) is 0 Å². The van der Waals surface area contributed by atoms with Crippen LogP contribution in [0.1, 0.15) is 5.56 Å². The van der Waals surface area contributed by atoms with Crippen molar-refractivity contribution in [2.45, 2.75) is 0 Å². The van der Waals surface area contributed by atoms with Crippen molar-refractivity contribution in [1.29, 1.82) is 5.26 Å². The summed E-state index contributed by atoms with van der Waals surface area (Å²) in [5.41, 5.74) is -0.958. The molecule has 0 saturated carbocycles. The van der Waals surface area contributed by atoms with Gasteiger partial charge in [0.2, 0.25) is 0 Å². The third-order valence-electron chi connectivity index (χ3n) is 1.86. The fourth-order valence-corrected chi connectivity index (χ4v) is 1.08. The van der Waals surface area contributed by atoms with Crippen molar-refractivity contribution >= 4 is 17.7 Å². The van der Waals surface area contributed by atoms with Gasteiger partial charge in [-0.25, -0.2) is 4.79 Å². The number of nitriles is 1. The van der Waals surface area contributed by atoms with Crippen LogP contribution in [-0.2, 0) is 4.79 Å². The van der Waals surface area contributed by atoms with E-state index in [0.717, 1.165) is 18.2 Å². The summed E-state index contributed by atoms with van der Waals surface area (Å²) in [6, 6.07) is 4.75. The van der Waals surface area contributed by atoms with Crippen LogP contribution in [0.25, 0.3) is 6.08 Å². The second-order valence-corrected chi connectivity index (χ2v) is 2.98. The first kappa shape index (κ1) is 12.2. The largest absolute Gasteiger partial charge is 0.502 e. The summed E-state index contributed by atoms with van der Waals surface area (Å²) >= 11 is 0. The number of aromatic hydroxyl groups is 1. The molecule has 0 aliphatic heterocycles. The number of nitro groups is 1. The predicted octanol–water partition coefficient (Wildman–Crippen LogP) is 1.29. The maximum absolute atomic E-state index is 10.5. The molecule has 0 aliphatic rings. The minimum atomic E-state index is -1.43. The van der Waals surface area contributed by atoms with Gasteiger partial charge in [-0.3, -0.25) is 10.1 Å². The highest BCUT2D eigenvalue weighted by Crippen LogP contribution is 2.27. The average molecular weight is 234 g/mol. The zero-order valence-corrected chi connectivity index (χ0v) is 8.32. The molecular weight excluding hydrogens is 228 g/mol. The number of phenolic OH excluding ortho intramolecular Hbond substituents is 1. The van der Waals surface area contributed by atoms with Crippen LogP contribution in [0, 0.1) is 21.4 Å². The minimum Gasteiger partial charge on any atom is -0.502 e. The third-order valence-corrected chi connectivity index (χ3v) is 1.86. The van der Waals surface area contributed by atoms with Gasteiger partial charge in [-0.1, -0.05) is 6.07 Å². The Morgan fingerprint density at radius 2 is 2.18 bits per heavy atom. The molecule has 1 rings (SSSR count). The molecule has 0 saturated heterocycles. The lowest BCUT2D eigenvalue weighted by Gasteiger charge is -1.98. The molecule has 0 amide bonds. The lowest BCUT2D eigenvalue weighted by Crippen LogP contribution is -1.97. The van der Waals surface area contributed by atoms with Crippen LogP contribution in [-0.4, -0.2) is 21.1 Å². The van der Waals surface area contributed by atoms with Crippen LogP contribution in [0.4, 0.5) is 5.69 Å². The zero-order chi connectivity index (χ0) is 13.0. The van der Waals surface area contributed by atoms with E-state index in [4.69, 9.17) is 15.5 Å². The molecule has 7 heteroatoms. The Bertz CT molecular complexity index is 556. The summed E-state index contributed by atoms with van der Waals surface area (Å²) in [6.07, 6.45) is 0.981. The highest BCUT2D eigenvalue weighted by Gasteiger charge is 2.14. The summed E-state index contributed by atoms with van der Waals surface area (Å²) in [5.74, 6) is -1.95. The summed E-state index contributed by atoms with van der Waals surface area (Å²) in [4.78, 5) is 20.2. The highest BCUT2D eigenvalue weighted by atomic mass is 16.6. The summed E-state index contributed by atoms with van der Waals surface area (Å²) in [6.45, 7) is 0. The Hall–Kier alpha value is -2.88. The topological polar surface area (TPSA) is 124 Å². The van der Waals surface area contributed by atoms with Gasteiger partial charge in [0.25, 0.3) is 0 Å². The molecule has 17 heavy (non-hydrogen) atoms. The molecule has 0 atom stereocenters. The van der Waals surface area contributed by atoms with Crippen molar-refractivity contribution in [2.75, 3.05) is 0 Å². The molecule has 0 unspecified atom stereocenters. The van der Waals surface area contributed by atoms with Crippen molar-refractivity contribution in [1.82, 2.24) is 0 Å². The predicted molar refractivity (Wildman–Crippen MR) is 56.0 cm³/mol. The molecule has 2 N–H and O–H groups in total. The van der Waals surface area contributed by atoms with Gasteiger partial charge in [0.05, 0.1) is 4.92 Å². The molecule has 0 radical (unpaired) electrons. The lowest BCUT2D eigenvalue weighted by atomic mass is 10.1. The van der Waals surface area contributed by atoms with Gasteiger partial charge in [0, 0.05) is 6.07 Å². The number of nitro benzene ring substituents is 1. The van der Waals surface area contributed by atoms with Gasteiger partial charge in [-0.05, 0) is 17.7 Å². The molecule has 0 aliphatic carbocycles. The Balaban J connectivity index is 3.27. The summed E-state index contributed by atoms with van der Waals surface area (Å²) in [5, 5.41) is 36.8.